The molecule has 0 bridgehead atoms. The van der Waals surface area contributed by atoms with Crippen molar-refractivity contribution in [3.8, 4) is 33.4 Å². The molecule has 0 spiro atoms. The van der Waals surface area contributed by atoms with Gasteiger partial charge < -0.3 is 0 Å². The lowest BCUT2D eigenvalue weighted by Gasteiger charge is -2.19. The molecule has 0 fully saturated rings. The van der Waals surface area contributed by atoms with Crippen molar-refractivity contribution in [2.75, 3.05) is 0 Å². The van der Waals surface area contributed by atoms with Crippen LogP contribution >= 0.6 is 11.6 Å². The Kier molecular flexibility index (Phi) is 4.62. The van der Waals surface area contributed by atoms with Crippen LogP contribution in [0.15, 0.2) is 127 Å². The number of halogens is 1. The van der Waals surface area contributed by atoms with Crippen LogP contribution in [0.4, 0.5) is 0 Å². The van der Waals surface area contributed by atoms with Crippen LogP contribution in [0.3, 0.4) is 0 Å². The third-order valence-electron chi connectivity index (χ3n) is 7.04. The van der Waals surface area contributed by atoms with E-state index in [1.54, 1.807) is 0 Å². The molecule has 35 heavy (non-hydrogen) atoms. The summed E-state index contributed by atoms with van der Waals surface area (Å²) in [5, 5.41) is 8.49. The van der Waals surface area contributed by atoms with E-state index in [1.165, 1.54) is 65.7 Å². The fraction of sp³-hybridized carbons (Fsp3) is 0. The molecule has 0 heterocycles. The van der Waals surface area contributed by atoms with Gasteiger partial charge in [0.1, 0.15) is 0 Å². The van der Waals surface area contributed by atoms with Gasteiger partial charge in [-0.25, -0.2) is 0 Å². The van der Waals surface area contributed by atoms with Gasteiger partial charge in [-0.1, -0.05) is 109 Å². The van der Waals surface area contributed by atoms with E-state index in [4.69, 9.17) is 11.6 Å². The van der Waals surface area contributed by atoms with Gasteiger partial charge in [0.2, 0.25) is 0 Å². The number of rotatable bonds is 3. The van der Waals surface area contributed by atoms with Gasteiger partial charge in [0.15, 0.2) is 0 Å². The second kappa shape index (κ2) is 7.98. The largest absolute Gasteiger partial charge is 0.0843 e. The van der Waals surface area contributed by atoms with E-state index in [0.29, 0.717) is 0 Å². The number of benzene rings is 7. The highest BCUT2D eigenvalue weighted by Gasteiger charge is 2.18. The van der Waals surface area contributed by atoms with Crippen molar-refractivity contribution in [1.29, 1.82) is 0 Å². The third kappa shape index (κ3) is 3.30. The van der Waals surface area contributed by atoms with Gasteiger partial charge in [0.05, 0.1) is 0 Å². The van der Waals surface area contributed by atoms with Gasteiger partial charge >= 0.3 is 0 Å². The zero-order chi connectivity index (χ0) is 23.4. The SMILES string of the molecule is Clc1ccc(-c2c(-c3ccccc3)cc3ccc4cc(-c5ccccc5)cc5ccc2c3c45)cc1. The van der Waals surface area contributed by atoms with Gasteiger partial charge in [-0.3, -0.25) is 0 Å². The molecule has 7 rings (SSSR count). The van der Waals surface area contributed by atoms with Crippen molar-refractivity contribution in [2.45, 2.75) is 0 Å². The molecule has 0 aliphatic heterocycles. The minimum atomic E-state index is 0.751. The fourth-order valence-electron chi connectivity index (χ4n) is 5.46. The molecule has 0 nitrogen and oxygen atoms in total. The molecule has 0 radical (unpaired) electrons. The summed E-state index contributed by atoms with van der Waals surface area (Å²) in [5.41, 5.74) is 7.38. The van der Waals surface area contributed by atoms with Crippen LogP contribution in [0.2, 0.25) is 5.02 Å². The molecule has 0 aromatic heterocycles. The molecule has 0 saturated carbocycles. The summed E-state index contributed by atoms with van der Waals surface area (Å²) in [7, 11) is 0. The lowest BCUT2D eigenvalue weighted by atomic mass is 9.84. The molecular weight excluding hydrogens is 444 g/mol. The van der Waals surface area contributed by atoms with Gasteiger partial charge in [-0.15, -0.1) is 0 Å². The molecule has 7 aromatic rings. The Morgan fingerprint density at radius 2 is 0.971 bits per heavy atom. The maximum Gasteiger partial charge on any atom is 0.0406 e. The van der Waals surface area contributed by atoms with Crippen molar-refractivity contribution in [3.63, 3.8) is 0 Å². The molecule has 0 unspecified atom stereocenters. The Balaban J connectivity index is 1.59. The minimum Gasteiger partial charge on any atom is -0.0843 e. The van der Waals surface area contributed by atoms with E-state index >= 15 is 0 Å². The van der Waals surface area contributed by atoms with Crippen molar-refractivity contribution < 1.29 is 0 Å². The average Bonchev–Trinajstić information content (AvgIpc) is 2.92. The Labute approximate surface area is 209 Å². The van der Waals surface area contributed by atoms with Crippen molar-refractivity contribution >= 4 is 43.9 Å². The molecule has 0 saturated heterocycles. The van der Waals surface area contributed by atoms with Crippen LogP contribution in [0.5, 0.6) is 0 Å². The molecule has 164 valence electrons. The van der Waals surface area contributed by atoms with Gasteiger partial charge in [-0.2, -0.15) is 0 Å². The third-order valence-corrected chi connectivity index (χ3v) is 7.29. The zero-order valence-electron chi connectivity index (χ0n) is 19.0. The second-order valence-corrected chi connectivity index (χ2v) is 9.55. The molecule has 0 amide bonds. The van der Waals surface area contributed by atoms with E-state index in [9.17, 15) is 0 Å². The zero-order valence-corrected chi connectivity index (χ0v) is 19.8. The van der Waals surface area contributed by atoms with E-state index in [1.807, 2.05) is 12.1 Å². The van der Waals surface area contributed by atoms with Crippen molar-refractivity contribution in [3.05, 3.63) is 132 Å². The van der Waals surface area contributed by atoms with Crippen molar-refractivity contribution in [1.82, 2.24) is 0 Å². The number of hydrogen-bond acceptors (Lipinski definition) is 0. The smallest absolute Gasteiger partial charge is 0.0406 e. The summed E-state index contributed by atoms with van der Waals surface area (Å²) in [5.74, 6) is 0. The molecule has 1 heteroatoms. The van der Waals surface area contributed by atoms with Gasteiger partial charge in [0.25, 0.3) is 0 Å². The molecule has 0 aliphatic carbocycles. The molecule has 7 aromatic carbocycles. The minimum absolute atomic E-state index is 0.751. The first kappa shape index (κ1) is 20.3. The fourth-order valence-corrected chi connectivity index (χ4v) is 5.59. The number of hydrogen-bond donors (Lipinski definition) is 0. The van der Waals surface area contributed by atoms with Gasteiger partial charge in [0, 0.05) is 5.02 Å². The second-order valence-electron chi connectivity index (χ2n) is 9.11. The standard InChI is InChI=1S/C34H21Cl/c35-29-16-13-24(14-17-29)33-30-18-15-26-20-28(22-7-3-1-4-8-22)19-25-11-12-27(34(30)32(25)26)21-31(33)23-9-5-2-6-10-23/h1-21H. The highest BCUT2D eigenvalue weighted by molar-refractivity contribution is 6.31. The Bertz CT molecular complexity index is 1800. The first-order valence-electron chi connectivity index (χ1n) is 11.9. The quantitative estimate of drug-likeness (QED) is 0.228. The van der Waals surface area contributed by atoms with E-state index in [-0.39, 0.29) is 0 Å². The molecule has 0 aliphatic rings. The molecular formula is C34H21Cl. The lowest BCUT2D eigenvalue weighted by molar-refractivity contribution is 1.62. The molecule has 0 atom stereocenters. The highest BCUT2D eigenvalue weighted by atomic mass is 35.5. The first-order valence-corrected chi connectivity index (χ1v) is 12.3. The maximum atomic E-state index is 6.26. The topological polar surface area (TPSA) is 0 Å². The normalized spacial score (nSPS) is 11.6. The summed E-state index contributed by atoms with van der Waals surface area (Å²) in [6.45, 7) is 0. The summed E-state index contributed by atoms with van der Waals surface area (Å²) >= 11 is 6.26. The van der Waals surface area contributed by atoms with E-state index < -0.39 is 0 Å². The van der Waals surface area contributed by atoms with Gasteiger partial charge in [-0.05, 0) is 96.0 Å². The lowest BCUT2D eigenvalue weighted by Crippen LogP contribution is -1.92. The van der Waals surface area contributed by atoms with Crippen LogP contribution in [-0.2, 0) is 0 Å². The average molecular weight is 465 g/mol. The summed E-state index contributed by atoms with van der Waals surface area (Å²) in [6.07, 6.45) is 0. The Morgan fingerprint density at radius 3 is 1.63 bits per heavy atom. The van der Waals surface area contributed by atoms with Crippen LogP contribution in [0.25, 0.3) is 65.7 Å². The summed E-state index contributed by atoms with van der Waals surface area (Å²) in [4.78, 5) is 0. The van der Waals surface area contributed by atoms with Crippen LogP contribution in [0.1, 0.15) is 0 Å². The van der Waals surface area contributed by atoms with E-state index in [2.05, 4.69) is 115 Å². The first-order chi connectivity index (χ1) is 17.3. The summed E-state index contributed by atoms with van der Waals surface area (Å²) < 4.78 is 0. The maximum absolute atomic E-state index is 6.26. The predicted molar refractivity (Wildman–Crippen MR) is 151 cm³/mol. The predicted octanol–water partition coefficient (Wildman–Crippen LogP) is 10.2. The molecule has 0 N–H and O–H groups in total. The van der Waals surface area contributed by atoms with Crippen LogP contribution in [-0.4, -0.2) is 0 Å². The van der Waals surface area contributed by atoms with Crippen molar-refractivity contribution in [2.24, 2.45) is 0 Å². The van der Waals surface area contributed by atoms with E-state index in [0.717, 1.165) is 5.02 Å². The Hall–Kier alpha value is -4.13. The van der Waals surface area contributed by atoms with Crippen LogP contribution in [0, 0.1) is 0 Å². The summed E-state index contributed by atoms with van der Waals surface area (Å²) in [6, 6.07) is 45.7. The monoisotopic (exact) mass is 464 g/mol. The van der Waals surface area contributed by atoms with Crippen LogP contribution < -0.4 is 0 Å². The Morgan fingerprint density at radius 1 is 0.400 bits per heavy atom. The highest BCUT2D eigenvalue weighted by Crippen LogP contribution is 2.45.